The van der Waals surface area contributed by atoms with Gasteiger partial charge in [-0.25, -0.2) is 0 Å². The zero-order valence-corrected chi connectivity index (χ0v) is 35.4. The number of nitriles is 2. The summed E-state index contributed by atoms with van der Waals surface area (Å²) in [4.78, 5) is 0. The molecule has 0 N–H and O–H groups in total. The molecule has 0 saturated carbocycles. The number of hydrogen-bond acceptors (Lipinski definition) is 3. The Balaban J connectivity index is 1.05. The number of benzene rings is 9. The summed E-state index contributed by atoms with van der Waals surface area (Å²) in [6.45, 7) is 4.58. The summed E-state index contributed by atoms with van der Waals surface area (Å²) in [5.41, 5.74) is 15.7. The molecule has 0 radical (unpaired) electrons. The molecule has 0 unspecified atom stereocenters. The van der Waals surface area contributed by atoms with Crippen LogP contribution in [-0.2, 0) is 5.41 Å². The Bertz CT molecular complexity index is 4310. The molecule has 14 rings (SSSR count). The quantitative estimate of drug-likeness (QED) is 0.178. The van der Waals surface area contributed by atoms with Gasteiger partial charge in [-0.2, -0.15) is 10.5 Å². The molecule has 1 aliphatic carbocycles. The van der Waals surface area contributed by atoms with Gasteiger partial charge in [0.05, 0.1) is 61.0 Å². The van der Waals surface area contributed by atoms with E-state index in [1.54, 1.807) is 0 Å². The zero-order chi connectivity index (χ0) is 43.3. The highest BCUT2D eigenvalue weighted by atomic mass is 16.3. The van der Waals surface area contributed by atoms with Crippen molar-refractivity contribution in [3.05, 3.63) is 198 Å². The molecule has 302 valence electrons. The van der Waals surface area contributed by atoms with Gasteiger partial charge < -0.3 is 18.1 Å². The smallest absolute Gasteiger partial charge is 0.145 e. The second kappa shape index (κ2) is 12.6. The number of furan rings is 1. The molecule has 0 aliphatic heterocycles. The van der Waals surface area contributed by atoms with Crippen LogP contribution in [0.15, 0.2) is 180 Å². The summed E-state index contributed by atoms with van der Waals surface area (Å²) in [6, 6.07) is 66.8. The van der Waals surface area contributed by atoms with Crippen LogP contribution in [0.4, 0.5) is 0 Å². The van der Waals surface area contributed by atoms with Crippen LogP contribution >= 0.6 is 0 Å². The van der Waals surface area contributed by atoms with E-state index in [9.17, 15) is 10.5 Å². The van der Waals surface area contributed by atoms with Gasteiger partial charge in [0.2, 0.25) is 0 Å². The van der Waals surface area contributed by atoms with E-state index in [4.69, 9.17) is 4.42 Å². The van der Waals surface area contributed by atoms with Crippen molar-refractivity contribution < 1.29 is 4.42 Å². The van der Waals surface area contributed by atoms with E-state index >= 15 is 0 Å². The molecular weight excluding hydrogens is 795 g/mol. The minimum atomic E-state index is -0.218. The fraction of sp³-hybridized carbons (Fsp3) is 0.0508. The molecule has 0 bridgehead atoms. The molecule has 0 amide bonds. The number of aromatic nitrogens is 3. The van der Waals surface area contributed by atoms with Crippen LogP contribution in [0.5, 0.6) is 0 Å². The predicted octanol–water partition coefficient (Wildman–Crippen LogP) is 14.9. The lowest BCUT2D eigenvalue weighted by Gasteiger charge is -2.22. The standard InChI is InChI=1S/C59H35N5O/c1-59(2)46-18-8-3-13-37(46)43-30-44-40-16-6-11-21-50(40)64(55(44)31-47(43)59)54-28-34(32-60)53(27-35(54)33-61)63-51-25-23-36(62-48-19-9-4-14-38(48)39-15-5-10-20-49(39)62)29-45(51)57-52(63)26-24-42-41-17-7-12-22-56(41)65-58(42)57/h3-31H,1-2H3. The van der Waals surface area contributed by atoms with Gasteiger partial charge in [0, 0.05) is 48.8 Å². The molecule has 0 atom stereocenters. The number of rotatable bonds is 3. The Morgan fingerprint density at radius 3 is 1.66 bits per heavy atom. The van der Waals surface area contributed by atoms with E-state index in [1.165, 1.54) is 33.0 Å². The van der Waals surface area contributed by atoms with Crippen LogP contribution in [-0.4, -0.2) is 13.7 Å². The van der Waals surface area contributed by atoms with Crippen molar-refractivity contribution in [2.45, 2.75) is 19.3 Å². The topological polar surface area (TPSA) is 75.5 Å². The monoisotopic (exact) mass is 829 g/mol. The maximum atomic E-state index is 11.2. The summed E-state index contributed by atoms with van der Waals surface area (Å²) in [6.07, 6.45) is 0. The second-order valence-corrected chi connectivity index (χ2v) is 17.9. The van der Waals surface area contributed by atoms with E-state index in [0.717, 1.165) is 82.3 Å². The second-order valence-electron chi connectivity index (χ2n) is 17.9. The highest BCUT2D eigenvalue weighted by Crippen LogP contribution is 2.51. The molecule has 4 heterocycles. The number of para-hydroxylation sites is 4. The lowest BCUT2D eigenvalue weighted by atomic mass is 9.82. The van der Waals surface area contributed by atoms with Crippen molar-refractivity contribution in [1.82, 2.24) is 13.7 Å². The van der Waals surface area contributed by atoms with Crippen LogP contribution in [0.1, 0.15) is 36.1 Å². The number of hydrogen-bond donors (Lipinski definition) is 0. The molecular formula is C59H35N5O. The third kappa shape index (κ3) is 4.60. The normalized spacial score (nSPS) is 13.2. The molecule has 9 aromatic carbocycles. The highest BCUT2D eigenvalue weighted by molar-refractivity contribution is 6.24. The van der Waals surface area contributed by atoms with E-state index in [2.05, 4.69) is 179 Å². The first-order valence-electron chi connectivity index (χ1n) is 22.0. The summed E-state index contributed by atoms with van der Waals surface area (Å²) in [7, 11) is 0. The fourth-order valence-electron chi connectivity index (χ4n) is 11.4. The van der Waals surface area contributed by atoms with Gasteiger partial charge in [0.1, 0.15) is 23.3 Å². The molecule has 0 spiro atoms. The van der Waals surface area contributed by atoms with Gasteiger partial charge in [-0.1, -0.05) is 111 Å². The van der Waals surface area contributed by atoms with Crippen LogP contribution in [0.25, 0.3) is 116 Å². The Morgan fingerprint density at radius 1 is 0.415 bits per heavy atom. The minimum absolute atomic E-state index is 0.218. The number of fused-ring (bicyclic) bond motifs is 16. The maximum Gasteiger partial charge on any atom is 0.145 e. The van der Waals surface area contributed by atoms with E-state index in [0.29, 0.717) is 22.5 Å². The molecule has 4 aromatic heterocycles. The van der Waals surface area contributed by atoms with Crippen molar-refractivity contribution >= 4 is 87.4 Å². The molecule has 0 fully saturated rings. The van der Waals surface area contributed by atoms with Crippen LogP contribution in [0.2, 0.25) is 0 Å². The Kier molecular flexibility index (Phi) is 6.94. The Labute approximate surface area is 372 Å². The summed E-state index contributed by atoms with van der Waals surface area (Å²) >= 11 is 0. The molecule has 13 aromatic rings. The highest BCUT2D eigenvalue weighted by Gasteiger charge is 2.36. The Morgan fingerprint density at radius 2 is 0.969 bits per heavy atom. The minimum Gasteiger partial charge on any atom is -0.455 e. The largest absolute Gasteiger partial charge is 0.455 e. The van der Waals surface area contributed by atoms with E-state index in [1.807, 2.05) is 36.4 Å². The van der Waals surface area contributed by atoms with Gasteiger partial charge in [0.15, 0.2) is 0 Å². The van der Waals surface area contributed by atoms with Crippen LogP contribution in [0, 0.1) is 22.7 Å². The van der Waals surface area contributed by atoms with Gasteiger partial charge in [-0.05, 0) is 101 Å². The summed E-state index contributed by atoms with van der Waals surface area (Å²) in [5.74, 6) is 0. The van der Waals surface area contributed by atoms with E-state index < -0.39 is 0 Å². The average molecular weight is 830 g/mol. The van der Waals surface area contributed by atoms with Crippen molar-refractivity contribution in [1.29, 1.82) is 10.5 Å². The first-order chi connectivity index (χ1) is 31.9. The average Bonchev–Trinajstić information content (AvgIpc) is 4.12. The predicted molar refractivity (Wildman–Crippen MR) is 264 cm³/mol. The summed E-state index contributed by atoms with van der Waals surface area (Å²) < 4.78 is 13.4. The van der Waals surface area contributed by atoms with Gasteiger partial charge in [-0.3, -0.25) is 0 Å². The van der Waals surface area contributed by atoms with Crippen molar-refractivity contribution in [2.75, 3.05) is 0 Å². The third-order valence-electron chi connectivity index (χ3n) is 14.3. The third-order valence-corrected chi connectivity index (χ3v) is 14.3. The molecule has 0 saturated heterocycles. The first-order valence-corrected chi connectivity index (χ1v) is 22.0. The van der Waals surface area contributed by atoms with Crippen LogP contribution in [0.3, 0.4) is 0 Å². The fourth-order valence-corrected chi connectivity index (χ4v) is 11.4. The summed E-state index contributed by atoms with van der Waals surface area (Å²) in [5, 5.41) is 31.0. The van der Waals surface area contributed by atoms with Crippen LogP contribution < -0.4 is 0 Å². The Hall–Kier alpha value is -8.84. The van der Waals surface area contributed by atoms with Gasteiger partial charge in [-0.15, -0.1) is 0 Å². The van der Waals surface area contributed by atoms with Crippen molar-refractivity contribution in [3.63, 3.8) is 0 Å². The van der Waals surface area contributed by atoms with Gasteiger partial charge >= 0.3 is 0 Å². The first kappa shape index (κ1) is 35.7. The molecule has 6 heteroatoms. The molecule has 6 nitrogen and oxygen atoms in total. The lowest BCUT2D eigenvalue weighted by molar-refractivity contribution is 0.661. The molecule has 65 heavy (non-hydrogen) atoms. The van der Waals surface area contributed by atoms with Crippen molar-refractivity contribution in [3.8, 4) is 40.3 Å². The molecule has 1 aliphatic rings. The maximum absolute atomic E-state index is 11.2. The van der Waals surface area contributed by atoms with Crippen molar-refractivity contribution in [2.24, 2.45) is 0 Å². The van der Waals surface area contributed by atoms with Gasteiger partial charge in [0.25, 0.3) is 0 Å². The number of nitrogens with zero attached hydrogens (tertiary/aromatic N) is 5. The SMILES string of the molecule is CC1(C)c2ccccc2-c2cc3c4ccccc4n(-c4cc(C#N)c(-n5c6ccc(-n7c8ccccc8c8ccccc87)cc6c6c7oc8ccccc8c7ccc65)cc4C#N)c3cc21. The zero-order valence-electron chi connectivity index (χ0n) is 35.4. The van der Waals surface area contributed by atoms with E-state index in [-0.39, 0.29) is 5.41 Å². The lowest BCUT2D eigenvalue weighted by Crippen LogP contribution is -2.15.